The maximum Gasteiger partial charge on any atom is 0.0770 e. The standard InChI is InChI=1S/C31H24N2/c1-31(2)24-18-10-12-20-26(24)33-28(21-13-5-3-6-14-21)27-23-17-9-11-19-25(23)32(29(27)30(31)33)22-15-7-4-8-16-22/h3-20H,1-2H3. The summed E-state index contributed by atoms with van der Waals surface area (Å²) in [6, 6.07) is 39.4. The van der Waals surface area contributed by atoms with Crippen LogP contribution in [0.5, 0.6) is 0 Å². The van der Waals surface area contributed by atoms with Crippen LogP contribution in [0.2, 0.25) is 0 Å². The Balaban J connectivity index is 1.78. The number of hydrogen-bond acceptors (Lipinski definition) is 0. The van der Waals surface area contributed by atoms with Crippen LogP contribution in [-0.4, -0.2) is 9.13 Å². The van der Waals surface area contributed by atoms with Crippen molar-refractivity contribution in [3.05, 3.63) is 120 Å². The lowest BCUT2D eigenvalue weighted by Gasteiger charge is -2.20. The molecule has 0 atom stereocenters. The minimum absolute atomic E-state index is 0.122. The molecule has 2 nitrogen and oxygen atoms in total. The Kier molecular flexibility index (Phi) is 3.64. The summed E-state index contributed by atoms with van der Waals surface area (Å²) in [6.45, 7) is 4.73. The molecule has 0 amide bonds. The smallest absolute Gasteiger partial charge is 0.0770 e. The highest BCUT2D eigenvalue weighted by Crippen LogP contribution is 2.53. The third-order valence-corrected chi connectivity index (χ3v) is 7.25. The van der Waals surface area contributed by atoms with Gasteiger partial charge in [-0.25, -0.2) is 0 Å². The van der Waals surface area contributed by atoms with Crippen LogP contribution in [0.1, 0.15) is 25.1 Å². The number of para-hydroxylation sites is 3. The van der Waals surface area contributed by atoms with Crippen molar-refractivity contribution in [2.24, 2.45) is 0 Å². The van der Waals surface area contributed by atoms with Crippen LogP contribution in [0.25, 0.3) is 44.4 Å². The van der Waals surface area contributed by atoms with E-state index in [2.05, 4.69) is 132 Å². The first-order valence-corrected chi connectivity index (χ1v) is 11.6. The molecule has 2 aromatic heterocycles. The van der Waals surface area contributed by atoms with Crippen LogP contribution in [0.4, 0.5) is 0 Å². The molecule has 0 unspecified atom stereocenters. The first-order chi connectivity index (χ1) is 16.2. The molecule has 3 heterocycles. The van der Waals surface area contributed by atoms with Gasteiger partial charge in [-0.05, 0) is 35.4 Å². The van der Waals surface area contributed by atoms with Crippen molar-refractivity contribution in [2.75, 3.05) is 0 Å². The lowest BCUT2D eigenvalue weighted by atomic mass is 9.83. The Morgan fingerprint density at radius 1 is 0.606 bits per heavy atom. The Morgan fingerprint density at radius 2 is 1.24 bits per heavy atom. The molecule has 4 aromatic carbocycles. The molecule has 0 radical (unpaired) electrons. The summed E-state index contributed by atoms with van der Waals surface area (Å²) in [7, 11) is 0. The van der Waals surface area contributed by atoms with Crippen molar-refractivity contribution in [1.82, 2.24) is 9.13 Å². The summed E-state index contributed by atoms with van der Waals surface area (Å²) < 4.78 is 5.00. The monoisotopic (exact) mass is 424 g/mol. The van der Waals surface area contributed by atoms with Gasteiger partial charge < -0.3 is 9.13 Å². The van der Waals surface area contributed by atoms with Crippen LogP contribution in [0, 0.1) is 0 Å². The molecule has 1 aliphatic rings. The van der Waals surface area contributed by atoms with E-state index in [-0.39, 0.29) is 5.41 Å². The second kappa shape index (κ2) is 6.49. The van der Waals surface area contributed by atoms with Gasteiger partial charge in [-0.15, -0.1) is 0 Å². The minimum atomic E-state index is -0.122. The molecule has 6 aromatic rings. The van der Waals surface area contributed by atoms with Crippen LogP contribution >= 0.6 is 0 Å². The van der Waals surface area contributed by atoms with E-state index in [1.807, 2.05) is 0 Å². The number of rotatable bonds is 2. The highest BCUT2D eigenvalue weighted by Gasteiger charge is 2.42. The Bertz CT molecular complexity index is 1660. The third-order valence-electron chi connectivity index (χ3n) is 7.25. The molecule has 1 aliphatic heterocycles. The van der Waals surface area contributed by atoms with Gasteiger partial charge in [0.2, 0.25) is 0 Å². The number of nitrogens with zero attached hydrogens (tertiary/aromatic N) is 2. The molecule has 0 fully saturated rings. The molecule has 0 aliphatic carbocycles. The summed E-state index contributed by atoms with van der Waals surface area (Å²) in [5, 5.41) is 2.63. The predicted octanol–water partition coefficient (Wildman–Crippen LogP) is 7.88. The third kappa shape index (κ3) is 2.33. The summed E-state index contributed by atoms with van der Waals surface area (Å²) in [5.74, 6) is 0. The Morgan fingerprint density at radius 3 is 2.03 bits per heavy atom. The second-order valence-electron chi connectivity index (χ2n) is 9.45. The molecule has 0 bridgehead atoms. The van der Waals surface area contributed by atoms with E-state index in [9.17, 15) is 0 Å². The maximum absolute atomic E-state index is 2.53. The van der Waals surface area contributed by atoms with Crippen molar-refractivity contribution < 1.29 is 0 Å². The van der Waals surface area contributed by atoms with Gasteiger partial charge in [0.15, 0.2) is 0 Å². The lowest BCUT2D eigenvalue weighted by Crippen LogP contribution is -2.16. The highest BCUT2D eigenvalue weighted by molar-refractivity contribution is 6.18. The molecule has 7 rings (SSSR count). The normalized spacial score (nSPS) is 14.0. The van der Waals surface area contributed by atoms with Crippen molar-refractivity contribution in [3.63, 3.8) is 0 Å². The molecule has 0 saturated heterocycles. The fraction of sp³-hybridized carbons (Fsp3) is 0.0968. The van der Waals surface area contributed by atoms with Crippen LogP contribution in [-0.2, 0) is 5.41 Å². The van der Waals surface area contributed by atoms with Crippen molar-refractivity contribution in [2.45, 2.75) is 19.3 Å². The quantitative estimate of drug-likeness (QED) is 0.267. The van der Waals surface area contributed by atoms with Gasteiger partial charge in [0.05, 0.1) is 28.1 Å². The second-order valence-corrected chi connectivity index (χ2v) is 9.45. The molecular formula is C31H24N2. The van der Waals surface area contributed by atoms with Crippen LogP contribution < -0.4 is 0 Å². The first kappa shape index (κ1) is 18.5. The van der Waals surface area contributed by atoms with Crippen LogP contribution in [0.15, 0.2) is 109 Å². The maximum atomic E-state index is 2.53. The van der Waals surface area contributed by atoms with E-state index in [4.69, 9.17) is 0 Å². The number of benzene rings is 4. The predicted molar refractivity (Wildman–Crippen MR) is 138 cm³/mol. The van der Waals surface area contributed by atoms with E-state index in [0.29, 0.717) is 0 Å². The topological polar surface area (TPSA) is 9.86 Å². The van der Waals surface area contributed by atoms with Gasteiger partial charge in [-0.1, -0.05) is 98.8 Å². The van der Waals surface area contributed by atoms with E-state index >= 15 is 0 Å². The van der Waals surface area contributed by atoms with Crippen molar-refractivity contribution in [3.8, 4) is 22.6 Å². The largest absolute Gasteiger partial charge is 0.310 e. The van der Waals surface area contributed by atoms with Crippen molar-refractivity contribution in [1.29, 1.82) is 0 Å². The first-order valence-electron chi connectivity index (χ1n) is 11.6. The zero-order valence-electron chi connectivity index (χ0n) is 18.8. The molecule has 33 heavy (non-hydrogen) atoms. The zero-order chi connectivity index (χ0) is 22.2. The zero-order valence-corrected chi connectivity index (χ0v) is 18.8. The van der Waals surface area contributed by atoms with Gasteiger partial charge in [0, 0.05) is 21.9 Å². The van der Waals surface area contributed by atoms with E-state index in [1.165, 1.54) is 55.7 Å². The van der Waals surface area contributed by atoms with E-state index in [0.717, 1.165) is 0 Å². The van der Waals surface area contributed by atoms with E-state index < -0.39 is 0 Å². The summed E-state index contributed by atoms with van der Waals surface area (Å²) >= 11 is 0. The minimum Gasteiger partial charge on any atom is -0.310 e. The molecule has 2 heteroatoms. The van der Waals surface area contributed by atoms with E-state index in [1.54, 1.807) is 0 Å². The summed E-state index contributed by atoms with van der Waals surface area (Å²) in [6.07, 6.45) is 0. The number of fused-ring (bicyclic) bond motifs is 7. The fourth-order valence-electron chi connectivity index (χ4n) is 5.89. The average Bonchev–Trinajstić information content (AvgIpc) is 3.45. The Hall–Kier alpha value is -4.04. The van der Waals surface area contributed by atoms with Gasteiger partial charge in [0.1, 0.15) is 0 Å². The van der Waals surface area contributed by atoms with Gasteiger partial charge in [-0.2, -0.15) is 0 Å². The summed E-state index contributed by atoms with van der Waals surface area (Å²) in [4.78, 5) is 0. The highest BCUT2D eigenvalue weighted by atomic mass is 15.1. The number of aromatic nitrogens is 2. The fourth-order valence-corrected chi connectivity index (χ4v) is 5.89. The van der Waals surface area contributed by atoms with Gasteiger partial charge >= 0.3 is 0 Å². The molecule has 158 valence electrons. The molecular weight excluding hydrogens is 400 g/mol. The summed E-state index contributed by atoms with van der Waals surface area (Å²) in [5.41, 5.74) is 10.2. The number of hydrogen-bond donors (Lipinski definition) is 0. The average molecular weight is 425 g/mol. The SMILES string of the molecule is CC1(C)c2ccccc2-n2c(-c3ccccc3)c3c4ccccc4n(-c4ccccc4)c3c21. The molecule has 0 saturated carbocycles. The van der Waals surface area contributed by atoms with Gasteiger partial charge in [0.25, 0.3) is 0 Å². The van der Waals surface area contributed by atoms with Crippen LogP contribution in [0.3, 0.4) is 0 Å². The van der Waals surface area contributed by atoms with Crippen molar-refractivity contribution >= 4 is 21.8 Å². The van der Waals surface area contributed by atoms with Gasteiger partial charge in [-0.3, -0.25) is 0 Å². The molecule has 0 spiro atoms. The molecule has 0 N–H and O–H groups in total. The Labute approximate surface area is 193 Å². The lowest BCUT2D eigenvalue weighted by molar-refractivity contribution is 0.646.